The molecular weight excluding hydrogens is 276 g/mol. The second kappa shape index (κ2) is 5.01. The molecule has 0 N–H and O–H groups in total. The minimum absolute atomic E-state index is 0.312. The van der Waals surface area contributed by atoms with Crippen molar-refractivity contribution >= 4 is 15.9 Å². The zero-order valence-corrected chi connectivity index (χ0v) is 12.5. The third-order valence-electron chi connectivity index (χ3n) is 4.11. The molecule has 1 aliphatic rings. The molecule has 0 bridgehead atoms. The maximum Gasteiger partial charge on any atom is 0.123 e. The fourth-order valence-electron chi connectivity index (χ4n) is 2.33. The lowest BCUT2D eigenvalue weighted by atomic mass is 9.76. The molecule has 2 heteroatoms. The summed E-state index contributed by atoms with van der Waals surface area (Å²) in [6.07, 6.45) is 2.52. The molecule has 1 aromatic carbocycles. The highest BCUT2D eigenvalue weighted by molar-refractivity contribution is 9.09. The van der Waals surface area contributed by atoms with Crippen molar-refractivity contribution in [1.82, 2.24) is 0 Å². The van der Waals surface area contributed by atoms with E-state index in [2.05, 4.69) is 54.9 Å². The normalized spacial score (nSPS) is 22.1. The molecule has 1 nitrogen and oxygen atoms in total. The Balaban J connectivity index is 2.04. The predicted molar refractivity (Wildman–Crippen MR) is 75.9 cm³/mol. The van der Waals surface area contributed by atoms with Crippen molar-refractivity contribution in [2.75, 3.05) is 5.33 Å². The lowest BCUT2D eigenvalue weighted by molar-refractivity contribution is 0.127. The largest absolute Gasteiger partial charge is 0.490 e. The van der Waals surface area contributed by atoms with Crippen LogP contribution >= 0.6 is 15.9 Å². The summed E-state index contributed by atoms with van der Waals surface area (Å²) in [4.78, 5) is 0. The van der Waals surface area contributed by atoms with Crippen molar-refractivity contribution in [2.45, 2.75) is 39.7 Å². The fourth-order valence-corrected chi connectivity index (χ4v) is 3.21. The van der Waals surface area contributed by atoms with Crippen molar-refractivity contribution in [3.05, 3.63) is 29.8 Å². The molecule has 0 amide bonds. The second-order valence-electron chi connectivity index (χ2n) is 5.70. The topological polar surface area (TPSA) is 9.23 Å². The van der Waals surface area contributed by atoms with Gasteiger partial charge in [-0.2, -0.15) is 0 Å². The summed E-state index contributed by atoms with van der Waals surface area (Å²) < 4.78 is 6.03. The number of hydrogen-bond acceptors (Lipinski definition) is 1. The maximum absolute atomic E-state index is 6.03. The molecule has 0 aromatic heterocycles. The van der Waals surface area contributed by atoms with Crippen molar-refractivity contribution in [3.8, 4) is 5.75 Å². The monoisotopic (exact) mass is 296 g/mol. The Labute approximate surface area is 113 Å². The molecule has 0 fully saturated rings. The second-order valence-corrected chi connectivity index (χ2v) is 6.26. The number of benzene rings is 1. The van der Waals surface area contributed by atoms with E-state index in [0.717, 1.165) is 23.9 Å². The summed E-state index contributed by atoms with van der Waals surface area (Å²) in [6.45, 7) is 6.94. The van der Waals surface area contributed by atoms with Crippen LogP contribution in [0.1, 0.15) is 32.8 Å². The molecule has 2 atom stereocenters. The quantitative estimate of drug-likeness (QED) is 0.747. The van der Waals surface area contributed by atoms with Crippen LogP contribution in [-0.2, 0) is 6.42 Å². The molecule has 0 saturated heterocycles. The third kappa shape index (κ3) is 2.67. The van der Waals surface area contributed by atoms with Crippen LogP contribution in [0, 0.1) is 11.3 Å². The van der Waals surface area contributed by atoms with E-state index in [1.165, 1.54) is 5.56 Å². The highest BCUT2D eigenvalue weighted by Crippen LogP contribution is 2.39. The number of hydrogen-bond donors (Lipinski definition) is 0. The summed E-state index contributed by atoms with van der Waals surface area (Å²) in [7, 11) is 0. The average molecular weight is 297 g/mol. The Hall–Kier alpha value is -0.500. The van der Waals surface area contributed by atoms with Gasteiger partial charge in [0.15, 0.2) is 0 Å². The summed E-state index contributed by atoms with van der Waals surface area (Å²) in [6, 6.07) is 8.40. The molecule has 94 valence electrons. The van der Waals surface area contributed by atoms with Crippen molar-refractivity contribution < 1.29 is 4.74 Å². The van der Waals surface area contributed by atoms with Crippen molar-refractivity contribution in [1.29, 1.82) is 0 Å². The lowest BCUT2D eigenvalue weighted by Crippen LogP contribution is -2.32. The van der Waals surface area contributed by atoms with E-state index in [0.29, 0.717) is 17.4 Å². The van der Waals surface area contributed by atoms with Crippen molar-refractivity contribution in [3.63, 3.8) is 0 Å². The van der Waals surface area contributed by atoms with Gasteiger partial charge < -0.3 is 4.74 Å². The first kappa shape index (κ1) is 12.9. The number of halogens is 1. The number of para-hydroxylation sites is 1. The van der Waals surface area contributed by atoms with Crippen molar-refractivity contribution in [2.24, 2.45) is 11.3 Å². The van der Waals surface area contributed by atoms with Crippen LogP contribution in [-0.4, -0.2) is 11.4 Å². The van der Waals surface area contributed by atoms with E-state index in [1.54, 1.807) is 0 Å². The minimum Gasteiger partial charge on any atom is -0.490 e. The zero-order valence-electron chi connectivity index (χ0n) is 10.9. The van der Waals surface area contributed by atoms with E-state index in [9.17, 15) is 0 Å². The van der Waals surface area contributed by atoms with E-state index in [1.807, 2.05) is 6.07 Å². The minimum atomic E-state index is 0.312. The van der Waals surface area contributed by atoms with Crippen LogP contribution in [0.2, 0.25) is 0 Å². The van der Waals surface area contributed by atoms with Gasteiger partial charge in [0.05, 0.1) is 0 Å². The Morgan fingerprint density at radius 1 is 1.41 bits per heavy atom. The van der Waals surface area contributed by atoms with Gasteiger partial charge in [0.25, 0.3) is 0 Å². The lowest BCUT2D eigenvalue weighted by Gasteiger charge is -2.34. The Bertz CT molecular complexity index is 363. The van der Waals surface area contributed by atoms with Crippen LogP contribution < -0.4 is 4.74 Å². The fraction of sp³-hybridized carbons (Fsp3) is 0.600. The summed E-state index contributed by atoms with van der Waals surface area (Å²) >= 11 is 3.66. The molecule has 2 unspecified atom stereocenters. The smallest absolute Gasteiger partial charge is 0.123 e. The molecule has 0 aliphatic carbocycles. The molecular formula is C15H21BrO. The molecule has 17 heavy (non-hydrogen) atoms. The van der Waals surface area contributed by atoms with Gasteiger partial charge in [0.2, 0.25) is 0 Å². The van der Waals surface area contributed by atoms with Gasteiger partial charge in [-0.3, -0.25) is 0 Å². The molecule has 0 spiro atoms. The maximum atomic E-state index is 6.03. The average Bonchev–Trinajstić information content (AvgIpc) is 2.70. The van der Waals surface area contributed by atoms with Gasteiger partial charge in [-0.25, -0.2) is 0 Å². The molecule has 1 aromatic rings. The first-order valence-electron chi connectivity index (χ1n) is 6.35. The summed E-state index contributed by atoms with van der Waals surface area (Å²) in [5.41, 5.74) is 1.67. The van der Waals surface area contributed by atoms with E-state index < -0.39 is 0 Å². The summed E-state index contributed by atoms with van der Waals surface area (Å²) in [5, 5.41) is 1.04. The van der Waals surface area contributed by atoms with Gasteiger partial charge in [0, 0.05) is 11.8 Å². The van der Waals surface area contributed by atoms with Gasteiger partial charge in [-0.15, -0.1) is 0 Å². The molecule has 0 radical (unpaired) electrons. The highest BCUT2D eigenvalue weighted by Gasteiger charge is 2.34. The molecule has 0 saturated carbocycles. The summed E-state index contributed by atoms with van der Waals surface area (Å²) in [5.74, 6) is 1.74. The van der Waals surface area contributed by atoms with E-state index in [4.69, 9.17) is 4.74 Å². The van der Waals surface area contributed by atoms with E-state index >= 15 is 0 Å². The van der Waals surface area contributed by atoms with Gasteiger partial charge in [0.1, 0.15) is 11.9 Å². The van der Waals surface area contributed by atoms with Crippen LogP contribution in [0.15, 0.2) is 24.3 Å². The molecule has 2 rings (SSSR count). The Kier molecular flexibility index (Phi) is 3.82. The Morgan fingerprint density at radius 3 is 2.71 bits per heavy atom. The number of rotatable bonds is 4. The number of alkyl halides is 1. The number of fused-ring (bicyclic) bond motifs is 1. The van der Waals surface area contributed by atoms with Gasteiger partial charge in [-0.05, 0) is 29.4 Å². The highest BCUT2D eigenvalue weighted by atomic mass is 79.9. The number of ether oxygens (including phenoxy) is 1. The first-order valence-corrected chi connectivity index (χ1v) is 7.48. The standard InChI is InChI=1S/C15H21BrO/c1-11(2)15(3,10-16)9-13-8-12-6-4-5-7-14(12)17-13/h4-7,11,13H,8-10H2,1-3H3. The SMILES string of the molecule is CC(C)C(C)(CBr)CC1Cc2ccccc2O1. The third-order valence-corrected chi connectivity index (χ3v) is 5.39. The van der Waals surface area contributed by atoms with Crippen LogP contribution in [0.3, 0.4) is 0 Å². The van der Waals surface area contributed by atoms with Crippen LogP contribution in [0.4, 0.5) is 0 Å². The van der Waals surface area contributed by atoms with Gasteiger partial charge in [-0.1, -0.05) is 54.9 Å². The molecule has 1 heterocycles. The zero-order chi connectivity index (χ0) is 12.5. The van der Waals surface area contributed by atoms with E-state index in [-0.39, 0.29) is 0 Å². The Morgan fingerprint density at radius 2 is 2.12 bits per heavy atom. The molecule has 1 aliphatic heterocycles. The van der Waals surface area contributed by atoms with Crippen LogP contribution in [0.5, 0.6) is 5.75 Å². The van der Waals surface area contributed by atoms with Gasteiger partial charge >= 0.3 is 0 Å². The predicted octanol–water partition coefficient (Wildman–Crippen LogP) is 4.44. The first-order chi connectivity index (χ1) is 8.05. The van der Waals surface area contributed by atoms with Crippen LogP contribution in [0.25, 0.3) is 0 Å².